The van der Waals surface area contributed by atoms with Crippen LogP contribution >= 0.6 is 39.5 Å². The molecule has 2 aromatic rings. The second-order valence-electron chi connectivity index (χ2n) is 4.53. The number of nitrogens with zero attached hydrogens (tertiary/aromatic N) is 1. The van der Waals surface area contributed by atoms with Crippen molar-refractivity contribution in [2.75, 3.05) is 19.0 Å². The van der Waals surface area contributed by atoms with Crippen LogP contribution in [0.1, 0.15) is 4.88 Å². The number of halogens is 1. The van der Waals surface area contributed by atoms with Crippen molar-refractivity contribution in [3.63, 3.8) is 0 Å². The standard InChI is InChI=1S/C16H17BrN2OS2/c1-3-10-19(11-14-8-9-15(17)22-14)16(21)18-12-4-6-13(20-2)7-5-12/h3-9H,1,10-11H2,2H3,(H,18,21). The van der Waals surface area contributed by atoms with Crippen LogP contribution in [0, 0.1) is 0 Å². The average Bonchev–Trinajstić information content (AvgIpc) is 2.93. The summed E-state index contributed by atoms with van der Waals surface area (Å²) >= 11 is 10.7. The zero-order valence-corrected chi connectivity index (χ0v) is 15.4. The fourth-order valence-electron chi connectivity index (χ4n) is 1.88. The van der Waals surface area contributed by atoms with Crippen molar-refractivity contribution in [2.24, 2.45) is 0 Å². The summed E-state index contributed by atoms with van der Waals surface area (Å²) < 4.78 is 6.27. The molecule has 0 aliphatic rings. The van der Waals surface area contributed by atoms with Crippen LogP contribution < -0.4 is 10.1 Å². The molecule has 0 fully saturated rings. The number of ether oxygens (including phenoxy) is 1. The summed E-state index contributed by atoms with van der Waals surface area (Å²) in [5, 5.41) is 3.93. The van der Waals surface area contributed by atoms with Gasteiger partial charge in [-0.15, -0.1) is 17.9 Å². The van der Waals surface area contributed by atoms with Crippen LogP contribution in [0.2, 0.25) is 0 Å². The first-order valence-electron chi connectivity index (χ1n) is 6.67. The molecular formula is C16H17BrN2OS2. The summed E-state index contributed by atoms with van der Waals surface area (Å²) in [4.78, 5) is 3.32. The summed E-state index contributed by atoms with van der Waals surface area (Å²) in [5.74, 6) is 0.822. The number of hydrogen-bond acceptors (Lipinski definition) is 3. The fraction of sp³-hybridized carbons (Fsp3) is 0.188. The highest BCUT2D eigenvalue weighted by atomic mass is 79.9. The van der Waals surface area contributed by atoms with E-state index in [0.29, 0.717) is 11.7 Å². The van der Waals surface area contributed by atoms with Crippen molar-refractivity contribution in [2.45, 2.75) is 6.54 Å². The molecule has 0 unspecified atom stereocenters. The van der Waals surface area contributed by atoms with Crippen molar-refractivity contribution in [1.82, 2.24) is 4.90 Å². The van der Waals surface area contributed by atoms with E-state index < -0.39 is 0 Å². The van der Waals surface area contributed by atoms with E-state index in [0.717, 1.165) is 21.8 Å². The number of rotatable bonds is 6. The van der Waals surface area contributed by atoms with E-state index in [4.69, 9.17) is 17.0 Å². The number of hydrogen-bond donors (Lipinski definition) is 1. The monoisotopic (exact) mass is 396 g/mol. The van der Waals surface area contributed by atoms with E-state index in [9.17, 15) is 0 Å². The number of benzene rings is 1. The minimum atomic E-state index is 0.676. The molecule has 0 spiro atoms. The minimum absolute atomic E-state index is 0.676. The SMILES string of the molecule is C=CCN(Cc1ccc(Br)s1)C(=S)Nc1ccc(OC)cc1. The Balaban J connectivity index is 2.03. The van der Waals surface area contributed by atoms with Gasteiger partial charge in [0.25, 0.3) is 0 Å². The van der Waals surface area contributed by atoms with Gasteiger partial charge in [0.2, 0.25) is 0 Å². The lowest BCUT2D eigenvalue weighted by molar-refractivity contribution is 0.415. The summed E-state index contributed by atoms with van der Waals surface area (Å²) in [6.07, 6.45) is 1.85. The third kappa shape index (κ3) is 4.83. The van der Waals surface area contributed by atoms with Gasteiger partial charge in [-0.25, -0.2) is 0 Å². The average molecular weight is 397 g/mol. The van der Waals surface area contributed by atoms with Crippen molar-refractivity contribution in [3.05, 3.63) is 57.7 Å². The third-order valence-electron chi connectivity index (χ3n) is 2.95. The summed E-state index contributed by atoms with van der Waals surface area (Å²) in [7, 11) is 1.65. The molecule has 1 aromatic carbocycles. The maximum Gasteiger partial charge on any atom is 0.174 e. The van der Waals surface area contributed by atoms with Crippen molar-refractivity contribution in [3.8, 4) is 5.75 Å². The number of thiophene rings is 1. The number of nitrogens with one attached hydrogen (secondary N) is 1. The smallest absolute Gasteiger partial charge is 0.174 e. The molecule has 1 N–H and O–H groups in total. The molecule has 0 aliphatic carbocycles. The zero-order valence-electron chi connectivity index (χ0n) is 12.2. The molecule has 0 atom stereocenters. The highest BCUT2D eigenvalue weighted by Crippen LogP contribution is 2.23. The van der Waals surface area contributed by atoms with Gasteiger partial charge < -0.3 is 15.0 Å². The topological polar surface area (TPSA) is 24.5 Å². The molecule has 0 aliphatic heterocycles. The van der Waals surface area contributed by atoms with Gasteiger partial charge in [0, 0.05) is 17.1 Å². The quantitative estimate of drug-likeness (QED) is 0.553. The minimum Gasteiger partial charge on any atom is -0.497 e. The van der Waals surface area contributed by atoms with Crippen LogP contribution in [0.3, 0.4) is 0 Å². The first-order valence-corrected chi connectivity index (χ1v) is 8.69. The molecular weight excluding hydrogens is 380 g/mol. The zero-order chi connectivity index (χ0) is 15.9. The van der Waals surface area contributed by atoms with E-state index in [1.165, 1.54) is 4.88 Å². The Morgan fingerprint density at radius 2 is 2.09 bits per heavy atom. The predicted molar refractivity (Wildman–Crippen MR) is 102 cm³/mol. The highest BCUT2D eigenvalue weighted by molar-refractivity contribution is 9.11. The normalized spacial score (nSPS) is 10.1. The molecule has 0 saturated heterocycles. The van der Waals surface area contributed by atoms with Gasteiger partial charge in [0.05, 0.1) is 17.4 Å². The van der Waals surface area contributed by atoms with Crippen LogP contribution in [0.5, 0.6) is 5.75 Å². The molecule has 0 saturated carbocycles. The van der Waals surface area contributed by atoms with E-state index >= 15 is 0 Å². The molecule has 116 valence electrons. The summed E-state index contributed by atoms with van der Waals surface area (Å²) in [6, 6.07) is 11.8. The van der Waals surface area contributed by atoms with Gasteiger partial charge in [-0.2, -0.15) is 0 Å². The molecule has 6 heteroatoms. The van der Waals surface area contributed by atoms with Crippen molar-refractivity contribution < 1.29 is 4.74 Å². The lowest BCUT2D eigenvalue weighted by atomic mass is 10.3. The second-order valence-corrected chi connectivity index (χ2v) is 7.47. The largest absolute Gasteiger partial charge is 0.497 e. The first kappa shape index (κ1) is 17.0. The molecule has 22 heavy (non-hydrogen) atoms. The molecule has 0 radical (unpaired) electrons. The van der Waals surface area contributed by atoms with Crippen LogP contribution in [0.25, 0.3) is 0 Å². The Labute approximate surface area is 148 Å². The van der Waals surface area contributed by atoms with E-state index in [-0.39, 0.29) is 0 Å². The molecule has 3 nitrogen and oxygen atoms in total. The summed E-state index contributed by atoms with van der Waals surface area (Å²) in [5.41, 5.74) is 0.937. The first-order chi connectivity index (χ1) is 10.6. The van der Waals surface area contributed by atoms with Gasteiger partial charge in [-0.05, 0) is 64.5 Å². The van der Waals surface area contributed by atoms with E-state index in [1.54, 1.807) is 18.4 Å². The Bertz CT molecular complexity index is 640. The van der Waals surface area contributed by atoms with Crippen molar-refractivity contribution in [1.29, 1.82) is 0 Å². The Morgan fingerprint density at radius 1 is 1.36 bits per heavy atom. The molecule has 2 rings (SSSR count). The predicted octanol–water partition coefficient (Wildman–Crippen LogP) is 4.90. The lowest BCUT2D eigenvalue weighted by Crippen LogP contribution is -2.34. The van der Waals surface area contributed by atoms with Crippen LogP contribution in [0.15, 0.2) is 52.8 Å². The molecule has 0 bridgehead atoms. The second kappa shape index (κ2) is 8.31. The maximum absolute atomic E-state index is 5.52. The van der Waals surface area contributed by atoms with Crippen LogP contribution in [0.4, 0.5) is 5.69 Å². The Kier molecular flexibility index (Phi) is 6.42. The van der Waals surface area contributed by atoms with Gasteiger partial charge in [-0.1, -0.05) is 6.08 Å². The fourth-order valence-corrected chi connectivity index (χ4v) is 3.63. The van der Waals surface area contributed by atoms with Gasteiger partial charge >= 0.3 is 0 Å². The van der Waals surface area contributed by atoms with Gasteiger partial charge in [-0.3, -0.25) is 0 Å². The Morgan fingerprint density at radius 3 is 2.64 bits per heavy atom. The van der Waals surface area contributed by atoms with E-state index in [1.807, 2.05) is 36.4 Å². The summed E-state index contributed by atoms with van der Waals surface area (Å²) in [6.45, 7) is 5.25. The number of anilines is 1. The third-order valence-corrected chi connectivity index (χ3v) is 4.92. The lowest BCUT2D eigenvalue weighted by Gasteiger charge is -2.24. The van der Waals surface area contributed by atoms with E-state index in [2.05, 4.69) is 38.8 Å². The highest BCUT2D eigenvalue weighted by Gasteiger charge is 2.10. The molecule has 1 aromatic heterocycles. The van der Waals surface area contributed by atoms with Gasteiger partial charge in [0.15, 0.2) is 5.11 Å². The van der Waals surface area contributed by atoms with Crippen molar-refractivity contribution >= 4 is 50.3 Å². The molecule has 1 heterocycles. The number of methoxy groups -OCH3 is 1. The van der Waals surface area contributed by atoms with Gasteiger partial charge in [0.1, 0.15) is 5.75 Å². The molecule has 0 amide bonds. The van der Waals surface area contributed by atoms with Crippen LogP contribution in [-0.4, -0.2) is 23.7 Å². The Hall–Kier alpha value is -1.37. The maximum atomic E-state index is 5.52. The van der Waals surface area contributed by atoms with Crippen LogP contribution in [-0.2, 0) is 6.54 Å². The number of thiocarbonyl (C=S) groups is 1.